The number of nitrogens with one attached hydrogen (secondary N) is 1. The normalized spacial score (nSPS) is 16.1. The predicted molar refractivity (Wildman–Crippen MR) is 125 cm³/mol. The van der Waals surface area contributed by atoms with Gasteiger partial charge in [0.05, 0.1) is 23.9 Å². The van der Waals surface area contributed by atoms with Crippen LogP contribution in [0.25, 0.3) is 0 Å². The molecule has 0 saturated carbocycles. The molecule has 2 amide bonds. The molecular weight excluding hydrogens is 428 g/mol. The maximum absolute atomic E-state index is 13.1. The number of ether oxygens (including phenoxy) is 2. The van der Waals surface area contributed by atoms with Gasteiger partial charge in [-0.1, -0.05) is 35.9 Å². The zero-order valence-electron chi connectivity index (χ0n) is 19.1. The third-order valence-electron chi connectivity index (χ3n) is 5.59. The molecule has 3 rings (SSSR count). The number of carbonyl (C=O) groups is 2. The first-order valence-corrected chi connectivity index (χ1v) is 11.1. The second kappa shape index (κ2) is 10.1. The Balaban J connectivity index is 2.12. The van der Waals surface area contributed by atoms with E-state index in [1.807, 2.05) is 39.8 Å². The van der Waals surface area contributed by atoms with E-state index in [2.05, 4.69) is 11.4 Å². The van der Waals surface area contributed by atoms with Gasteiger partial charge in [0.1, 0.15) is 12.4 Å². The molecule has 0 unspecified atom stereocenters. The zero-order valence-corrected chi connectivity index (χ0v) is 19.9. The maximum atomic E-state index is 13.1. The highest BCUT2D eigenvalue weighted by Crippen LogP contribution is 2.35. The number of aryl methyl sites for hydroxylation is 2. The number of urea groups is 1. The van der Waals surface area contributed by atoms with Crippen molar-refractivity contribution in [1.29, 1.82) is 0 Å². The average Bonchev–Trinajstić information content (AvgIpc) is 2.75. The summed E-state index contributed by atoms with van der Waals surface area (Å²) in [5.41, 5.74) is 4.62. The maximum Gasteiger partial charge on any atom is 0.338 e. The number of amides is 2. The van der Waals surface area contributed by atoms with Crippen molar-refractivity contribution in [2.75, 3.05) is 19.8 Å². The molecule has 1 aliphatic rings. The van der Waals surface area contributed by atoms with Gasteiger partial charge in [0.15, 0.2) is 0 Å². The van der Waals surface area contributed by atoms with E-state index >= 15 is 0 Å². The molecule has 1 atom stereocenters. The molecular formula is C25H29ClN2O4. The molecule has 0 saturated heterocycles. The lowest BCUT2D eigenvalue weighted by atomic mass is 9.94. The summed E-state index contributed by atoms with van der Waals surface area (Å²) >= 11 is 6.43. The molecule has 2 aromatic carbocycles. The minimum atomic E-state index is -0.739. The summed E-state index contributed by atoms with van der Waals surface area (Å²) in [6.45, 7) is 10.2. The van der Waals surface area contributed by atoms with Crippen LogP contribution in [0.1, 0.15) is 42.1 Å². The standard InChI is InChI=1S/C25H29ClN2O4/c1-6-28-20(14-32-21-13-15(3)12-16(4)17(21)5)22(24(29)31-7-2)23(27-25(28)30)18-10-8-9-11-19(18)26/h8-13,23H,6-7,14H2,1-5H3,(H,27,30)/t23-/m1/s1. The molecule has 0 fully saturated rings. The van der Waals surface area contributed by atoms with E-state index in [-0.39, 0.29) is 19.2 Å². The lowest BCUT2D eigenvalue weighted by Crippen LogP contribution is -2.49. The van der Waals surface area contributed by atoms with Gasteiger partial charge in [-0.25, -0.2) is 9.59 Å². The van der Waals surface area contributed by atoms with E-state index in [1.54, 1.807) is 25.1 Å². The quantitative estimate of drug-likeness (QED) is 0.578. The van der Waals surface area contributed by atoms with Crippen molar-refractivity contribution in [3.8, 4) is 5.75 Å². The van der Waals surface area contributed by atoms with Crippen molar-refractivity contribution < 1.29 is 19.1 Å². The van der Waals surface area contributed by atoms with Crippen LogP contribution in [0.5, 0.6) is 5.75 Å². The number of nitrogens with zero attached hydrogens (tertiary/aromatic N) is 1. The monoisotopic (exact) mass is 456 g/mol. The number of likely N-dealkylation sites (N-methyl/N-ethyl adjacent to an activating group) is 1. The third kappa shape index (κ3) is 4.75. The fourth-order valence-electron chi connectivity index (χ4n) is 3.88. The number of carbonyl (C=O) groups excluding carboxylic acids is 2. The van der Waals surface area contributed by atoms with E-state index in [1.165, 1.54) is 4.90 Å². The number of esters is 1. The zero-order chi connectivity index (χ0) is 23.4. The molecule has 0 spiro atoms. The highest BCUT2D eigenvalue weighted by Gasteiger charge is 2.38. The lowest BCUT2D eigenvalue weighted by molar-refractivity contribution is -0.139. The molecule has 6 nitrogen and oxygen atoms in total. The molecule has 0 radical (unpaired) electrons. The Morgan fingerprint density at radius 2 is 1.88 bits per heavy atom. The van der Waals surface area contributed by atoms with Crippen molar-refractivity contribution in [2.45, 2.75) is 40.7 Å². The van der Waals surface area contributed by atoms with Gasteiger partial charge in [-0.3, -0.25) is 4.90 Å². The van der Waals surface area contributed by atoms with Crippen LogP contribution in [0.2, 0.25) is 5.02 Å². The van der Waals surface area contributed by atoms with Crippen molar-refractivity contribution in [3.63, 3.8) is 0 Å². The summed E-state index contributed by atoms with van der Waals surface area (Å²) < 4.78 is 11.5. The Labute approximate surface area is 194 Å². The van der Waals surface area contributed by atoms with Crippen LogP contribution in [-0.2, 0) is 9.53 Å². The van der Waals surface area contributed by atoms with Gasteiger partial charge in [0, 0.05) is 11.6 Å². The van der Waals surface area contributed by atoms with Gasteiger partial charge >= 0.3 is 12.0 Å². The molecule has 1 N–H and O–H groups in total. The Morgan fingerprint density at radius 3 is 2.53 bits per heavy atom. The first kappa shape index (κ1) is 23.7. The van der Waals surface area contributed by atoms with Crippen molar-refractivity contribution in [3.05, 3.63) is 74.9 Å². The predicted octanol–water partition coefficient (Wildman–Crippen LogP) is 5.25. The van der Waals surface area contributed by atoms with Gasteiger partial charge in [-0.2, -0.15) is 0 Å². The van der Waals surface area contributed by atoms with E-state index in [0.717, 1.165) is 22.4 Å². The second-order valence-corrected chi connectivity index (χ2v) is 8.13. The Morgan fingerprint density at radius 1 is 1.16 bits per heavy atom. The van der Waals surface area contributed by atoms with Gasteiger partial charge in [-0.15, -0.1) is 0 Å². The smallest absolute Gasteiger partial charge is 0.338 e. The van der Waals surface area contributed by atoms with Crippen LogP contribution in [0, 0.1) is 20.8 Å². The summed E-state index contributed by atoms with van der Waals surface area (Å²) in [5, 5.41) is 3.36. The van der Waals surface area contributed by atoms with Gasteiger partial charge in [0.25, 0.3) is 0 Å². The minimum Gasteiger partial charge on any atom is -0.487 e. The number of hydrogen-bond donors (Lipinski definition) is 1. The highest BCUT2D eigenvalue weighted by atomic mass is 35.5. The Kier molecular flexibility index (Phi) is 7.46. The number of hydrogen-bond acceptors (Lipinski definition) is 4. The van der Waals surface area contributed by atoms with Gasteiger partial charge in [-0.05, 0) is 69.0 Å². The minimum absolute atomic E-state index is 0.0418. The molecule has 0 bridgehead atoms. The third-order valence-corrected chi connectivity index (χ3v) is 5.94. The number of benzene rings is 2. The van der Waals surface area contributed by atoms with Crippen LogP contribution < -0.4 is 10.1 Å². The van der Waals surface area contributed by atoms with Crippen LogP contribution in [0.3, 0.4) is 0 Å². The molecule has 7 heteroatoms. The van der Waals surface area contributed by atoms with Crippen LogP contribution in [0.4, 0.5) is 4.79 Å². The fourth-order valence-corrected chi connectivity index (χ4v) is 4.13. The van der Waals surface area contributed by atoms with Gasteiger partial charge < -0.3 is 14.8 Å². The van der Waals surface area contributed by atoms with E-state index in [4.69, 9.17) is 21.1 Å². The Hall–Kier alpha value is -2.99. The summed E-state index contributed by atoms with van der Waals surface area (Å²) in [7, 11) is 0. The van der Waals surface area contributed by atoms with E-state index in [0.29, 0.717) is 28.4 Å². The first-order valence-electron chi connectivity index (χ1n) is 10.7. The molecule has 170 valence electrons. The van der Waals surface area contributed by atoms with Crippen LogP contribution in [-0.4, -0.2) is 36.7 Å². The lowest BCUT2D eigenvalue weighted by Gasteiger charge is -2.36. The van der Waals surface area contributed by atoms with Crippen molar-refractivity contribution in [1.82, 2.24) is 10.2 Å². The van der Waals surface area contributed by atoms with Crippen molar-refractivity contribution in [2.24, 2.45) is 0 Å². The molecule has 1 heterocycles. The van der Waals surface area contributed by atoms with E-state index < -0.39 is 12.0 Å². The van der Waals surface area contributed by atoms with Crippen molar-refractivity contribution >= 4 is 23.6 Å². The van der Waals surface area contributed by atoms with Gasteiger partial charge in [0.2, 0.25) is 0 Å². The summed E-state index contributed by atoms with van der Waals surface area (Å²) in [4.78, 5) is 27.6. The molecule has 2 aromatic rings. The molecule has 0 aliphatic carbocycles. The fraction of sp³-hybridized carbons (Fsp3) is 0.360. The summed E-state index contributed by atoms with van der Waals surface area (Å²) in [6.07, 6.45) is 0. The first-order chi connectivity index (χ1) is 15.3. The second-order valence-electron chi connectivity index (χ2n) is 7.72. The number of rotatable bonds is 7. The van der Waals surface area contributed by atoms with E-state index in [9.17, 15) is 9.59 Å². The summed E-state index contributed by atoms with van der Waals surface area (Å²) in [5.74, 6) is 0.209. The average molecular weight is 457 g/mol. The summed E-state index contributed by atoms with van der Waals surface area (Å²) in [6, 6.07) is 10.1. The Bertz CT molecular complexity index is 1060. The number of halogens is 1. The molecule has 1 aliphatic heterocycles. The molecule has 32 heavy (non-hydrogen) atoms. The highest BCUT2D eigenvalue weighted by molar-refractivity contribution is 6.31. The van der Waals surface area contributed by atoms with Crippen LogP contribution in [0.15, 0.2) is 47.7 Å². The van der Waals surface area contributed by atoms with Crippen LogP contribution >= 0.6 is 11.6 Å². The molecule has 0 aromatic heterocycles. The topological polar surface area (TPSA) is 67.9 Å². The largest absolute Gasteiger partial charge is 0.487 e. The SMILES string of the molecule is CCOC(=O)C1=C(COc2cc(C)cc(C)c2C)N(CC)C(=O)N[C@@H]1c1ccccc1Cl.